The predicted octanol–water partition coefficient (Wildman–Crippen LogP) is 2.70. The lowest BCUT2D eigenvalue weighted by Crippen LogP contribution is -2.35. The second-order valence-corrected chi connectivity index (χ2v) is 8.63. The van der Waals surface area contributed by atoms with Gasteiger partial charge in [-0.25, -0.2) is 8.42 Å². The molecule has 3 fully saturated rings. The van der Waals surface area contributed by atoms with Crippen molar-refractivity contribution < 1.29 is 22.4 Å². The van der Waals surface area contributed by atoms with Gasteiger partial charge in [-0.05, 0) is 42.6 Å². The Bertz CT molecular complexity index is 726. The Morgan fingerprint density at radius 1 is 1.17 bits per heavy atom. The molecule has 1 aromatic carbocycles. The summed E-state index contributed by atoms with van der Waals surface area (Å²) in [6.07, 6.45) is 3.95. The smallest absolute Gasteiger partial charge is 0.184 e. The number of rotatable bonds is 5. The SMILES string of the molecule is C=Cc1ccc(C2OC3C4CC(CCS(=O)(=O)[O-])C(C4)C3O2)cc1. The fourth-order valence-corrected chi connectivity index (χ4v) is 5.23. The molecule has 0 amide bonds. The molecule has 1 saturated heterocycles. The monoisotopic (exact) mass is 349 g/mol. The zero-order chi connectivity index (χ0) is 16.9. The van der Waals surface area contributed by atoms with Gasteiger partial charge in [0.05, 0.1) is 22.3 Å². The summed E-state index contributed by atoms with van der Waals surface area (Å²) in [5.41, 5.74) is 2.05. The van der Waals surface area contributed by atoms with Gasteiger partial charge in [-0.15, -0.1) is 0 Å². The molecule has 2 aliphatic carbocycles. The maximum Gasteiger partial charge on any atom is 0.184 e. The Labute approximate surface area is 142 Å². The topological polar surface area (TPSA) is 75.7 Å². The maximum absolute atomic E-state index is 10.9. The Morgan fingerprint density at radius 3 is 2.54 bits per heavy atom. The van der Waals surface area contributed by atoms with Gasteiger partial charge in [0.2, 0.25) is 0 Å². The fraction of sp³-hybridized carbons (Fsp3) is 0.556. The third-order valence-electron chi connectivity index (χ3n) is 5.74. The van der Waals surface area contributed by atoms with Crippen LogP contribution in [-0.2, 0) is 19.6 Å². The first kappa shape index (κ1) is 16.3. The van der Waals surface area contributed by atoms with Crippen LogP contribution in [0.4, 0.5) is 0 Å². The molecule has 6 atom stereocenters. The van der Waals surface area contributed by atoms with Crippen molar-refractivity contribution in [1.82, 2.24) is 0 Å². The van der Waals surface area contributed by atoms with Gasteiger partial charge in [0, 0.05) is 11.3 Å². The van der Waals surface area contributed by atoms with Gasteiger partial charge in [0.1, 0.15) is 0 Å². The summed E-state index contributed by atoms with van der Waals surface area (Å²) in [6.45, 7) is 3.75. The number of hydrogen-bond donors (Lipinski definition) is 0. The Kier molecular flexibility index (Phi) is 4.03. The van der Waals surface area contributed by atoms with E-state index in [-0.39, 0.29) is 30.2 Å². The van der Waals surface area contributed by atoms with Crippen molar-refractivity contribution in [2.24, 2.45) is 17.8 Å². The average molecular weight is 349 g/mol. The van der Waals surface area contributed by atoms with Crippen LogP contribution in [-0.4, -0.2) is 30.9 Å². The number of hydrogen-bond acceptors (Lipinski definition) is 5. The summed E-state index contributed by atoms with van der Waals surface area (Å²) in [4.78, 5) is 0. The average Bonchev–Trinajstić information content (AvgIpc) is 3.23. The van der Waals surface area contributed by atoms with E-state index in [4.69, 9.17) is 9.47 Å². The van der Waals surface area contributed by atoms with Crippen LogP contribution in [0.15, 0.2) is 30.8 Å². The molecule has 0 N–H and O–H groups in total. The maximum atomic E-state index is 10.9. The molecule has 0 spiro atoms. The van der Waals surface area contributed by atoms with Crippen molar-refractivity contribution >= 4 is 16.2 Å². The number of ether oxygens (including phenoxy) is 2. The van der Waals surface area contributed by atoms with E-state index in [1.54, 1.807) is 6.08 Å². The molecule has 6 unspecified atom stereocenters. The van der Waals surface area contributed by atoms with Gasteiger partial charge in [-0.1, -0.05) is 36.9 Å². The van der Waals surface area contributed by atoms with Gasteiger partial charge in [-0.2, -0.15) is 0 Å². The van der Waals surface area contributed by atoms with Crippen LogP contribution >= 0.6 is 0 Å². The summed E-state index contributed by atoms with van der Waals surface area (Å²) in [7, 11) is -4.14. The highest BCUT2D eigenvalue weighted by Gasteiger charge is 2.58. The van der Waals surface area contributed by atoms with E-state index in [1.807, 2.05) is 24.3 Å². The van der Waals surface area contributed by atoms with Gasteiger partial charge < -0.3 is 14.0 Å². The standard InChI is InChI=1S/C18H22O5S/c1-2-11-3-5-12(6-4-11)18-22-16-14-9-13(7-8-24(19,20)21)15(10-14)17(16)23-18/h2-6,13-18H,1,7-10H2,(H,19,20,21)/p-1. The second kappa shape index (κ2) is 5.95. The first-order valence-corrected chi connectivity index (χ1v) is 9.99. The molecule has 5 nitrogen and oxygen atoms in total. The minimum absolute atomic E-state index is 0.0205. The summed E-state index contributed by atoms with van der Waals surface area (Å²) in [5.74, 6) is 0.701. The Morgan fingerprint density at radius 2 is 1.88 bits per heavy atom. The molecule has 4 rings (SSSR count). The molecule has 0 aromatic heterocycles. The minimum atomic E-state index is -4.14. The molecular weight excluding hydrogens is 328 g/mol. The van der Waals surface area contributed by atoms with Crippen molar-refractivity contribution in [2.45, 2.75) is 37.8 Å². The number of fused-ring (bicyclic) bond motifs is 5. The van der Waals surface area contributed by atoms with Crippen molar-refractivity contribution in [1.29, 1.82) is 0 Å². The Balaban J connectivity index is 1.44. The van der Waals surface area contributed by atoms with Crippen molar-refractivity contribution in [2.75, 3.05) is 5.75 Å². The van der Waals surface area contributed by atoms with E-state index in [0.29, 0.717) is 18.3 Å². The van der Waals surface area contributed by atoms with Crippen LogP contribution in [0, 0.1) is 17.8 Å². The third-order valence-corrected chi connectivity index (χ3v) is 6.48. The van der Waals surface area contributed by atoms with E-state index < -0.39 is 10.1 Å². The molecule has 2 saturated carbocycles. The van der Waals surface area contributed by atoms with Crippen LogP contribution in [0.5, 0.6) is 0 Å². The predicted molar refractivity (Wildman–Crippen MR) is 87.9 cm³/mol. The van der Waals surface area contributed by atoms with Crippen LogP contribution in [0.1, 0.15) is 36.7 Å². The molecule has 0 radical (unpaired) electrons. The summed E-state index contributed by atoms with van der Waals surface area (Å²) < 4.78 is 45.0. The highest BCUT2D eigenvalue weighted by molar-refractivity contribution is 7.85. The first-order chi connectivity index (χ1) is 11.4. The zero-order valence-electron chi connectivity index (χ0n) is 13.3. The lowest BCUT2D eigenvalue weighted by molar-refractivity contribution is -0.0845. The zero-order valence-corrected chi connectivity index (χ0v) is 14.2. The lowest BCUT2D eigenvalue weighted by atomic mass is 9.83. The van der Waals surface area contributed by atoms with Gasteiger partial charge in [0.15, 0.2) is 6.29 Å². The molecule has 1 heterocycles. The summed E-state index contributed by atoms with van der Waals surface area (Å²) in [6, 6.07) is 7.96. The molecule has 1 aromatic rings. The van der Waals surface area contributed by atoms with Crippen molar-refractivity contribution in [3.63, 3.8) is 0 Å². The van der Waals surface area contributed by atoms with Gasteiger partial charge >= 0.3 is 0 Å². The molecule has 130 valence electrons. The largest absolute Gasteiger partial charge is 0.748 e. The van der Waals surface area contributed by atoms with Gasteiger partial charge in [-0.3, -0.25) is 0 Å². The van der Waals surface area contributed by atoms with E-state index in [1.165, 1.54) is 0 Å². The molecule has 3 aliphatic rings. The minimum Gasteiger partial charge on any atom is -0.748 e. The first-order valence-electron chi connectivity index (χ1n) is 8.41. The van der Waals surface area contributed by atoms with E-state index >= 15 is 0 Å². The third kappa shape index (κ3) is 2.92. The molecule has 6 heteroatoms. The quantitative estimate of drug-likeness (QED) is 0.764. The molecule has 1 aliphatic heterocycles. The van der Waals surface area contributed by atoms with Crippen LogP contribution < -0.4 is 0 Å². The fourth-order valence-electron chi connectivity index (χ4n) is 4.64. The Hall–Kier alpha value is -1.21. The second-order valence-electron chi connectivity index (χ2n) is 7.11. The molecule has 24 heavy (non-hydrogen) atoms. The van der Waals surface area contributed by atoms with Crippen LogP contribution in [0.3, 0.4) is 0 Å². The normalized spacial score (nSPS) is 37.5. The van der Waals surface area contributed by atoms with Crippen LogP contribution in [0.25, 0.3) is 6.08 Å². The van der Waals surface area contributed by atoms with E-state index in [0.717, 1.165) is 24.0 Å². The van der Waals surface area contributed by atoms with Crippen LogP contribution in [0.2, 0.25) is 0 Å². The molecular formula is C18H21O5S-. The highest BCUT2D eigenvalue weighted by Crippen LogP contribution is 2.56. The number of benzene rings is 1. The lowest BCUT2D eigenvalue weighted by Gasteiger charge is -2.29. The van der Waals surface area contributed by atoms with E-state index in [9.17, 15) is 13.0 Å². The molecule has 2 bridgehead atoms. The van der Waals surface area contributed by atoms with Gasteiger partial charge in [0.25, 0.3) is 0 Å². The van der Waals surface area contributed by atoms with Crippen molar-refractivity contribution in [3.8, 4) is 0 Å². The summed E-state index contributed by atoms with van der Waals surface area (Å²) >= 11 is 0. The highest BCUT2D eigenvalue weighted by atomic mass is 32.2. The summed E-state index contributed by atoms with van der Waals surface area (Å²) in [5, 5.41) is 0. The van der Waals surface area contributed by atoms with E-state index in [2.05, 4.69) is 6.58 Å². The van der Waals surface area contributed by atoms with Crippen molar-refractivity contribution in [3.05, 3.63) is 42.0 Å².